The Balaban J connectivity index is 1.87. The number of carbonyl (C=O) groups is 1. The van der Waals surface area contributed by atoms with Gasteiger partial charge in [-0.2, -0.15) is 13.2 Å². The summed E-state index contributed by atoms with van der Waals surface area (Å²) in [7, 11) is 0. The summed E-state index contributed by atoms with van der Waals surface area (Å²) in [6.07, 6.45) is -2.47. The first kappa shape index (κ1) is 13.6. The molecule has 0 saturated carbocycles. The van der Waals surface area contributed by atoms with Crippen molar-refractivity contribution in [2.45, 2.75) is 31.5 Å². The summed E-state index contributed by atoms with van der Waals surface area (Å²) in [6, 6.07) is 5.20. The number of alkyl halides is 3. The Morgan fingerprint density at radius 2 is 1.80 bits per heavy atom. The summed E-state index contributed by atoms with van der Waals surface area (Å²) in [6.45, 7) is 1.66. The van der Waals surface area contributed by atoms with Crippen molar-refractivity contribution in [2.75, 3.05) is 13.1 Å². The Bertz CT molecular complexity index is 518. The lowest BCUT2D eigenvalue weighted by molar-refractivity contribution is -0.140. The summed E-state index contributed by atoms with van der Waals surface area (Å²) in [5.74, 6) is 0.183. The van der Waals surface area contributed by atoms with E-state index in [4.69, 9.17) is 0 Å². The maximum Gasteiger partial charge on any atom is 0.416 e. The zero-order valence-corrected chi connectivity index (χ0v) is 11.0. The molecule has 1 atom stereocenters. The van der Waals surface area contributed by atoms with Crippen molar-refractivity contribution < 1.29 is 18.0 Å². The van der Waals surface area contributed by atoms with Crippen molar-refractivity contribution in [1.82, 2.24) is 4.90 Å². The Morgan fingerprint density at radius 3 is 2.40 bits per heavy atom. The van der Waals surface area contributed by atoms with Crippen LogP contribution in [0.25, 0.3) is 0 Å². The van der Waals surface area contributed by atoms with E-state index >= 15 is 0 Å². The average Bonchev–Trinajstić information content (AvgIpc) is 2.43. The molecule has 5 heteroatoms. The van der Waals surface area contributed by atoms with E-state index in [0.717, 1.165) is 32.0 Å². The highest BCUT2D eigenvalue weighted by Crippen LogP contribution is 2.35. The smallest absolute Gasteiger partial charge is 0.298 e. The number of piperidine rings is 3. The second-order valence-electron chi connectivity index (χ2n) is 5.59. The first-order chi connectivity index (χ1) is 9.47. The lowest BCUT2D eigenvalue weighted by Crippen LogP contribution is -2.56. The lowest BCUT2D eigenvalue weighted by Gasteiger charge is -2.44. The lowest BCUT2D eigenvalue weighted by atomic mass is 9.79. The highest BCUT2D eigenvalue weighted by atomic mass is 19.4. The number of nitrogens with zero attached hydrogens (tertiary/aromatic N) is 1. The van der Waals surface area contributed by atoms with Crippen LogP contribution in [0.3, 0.4) is 0 Å². The third-order valence-electron chi connectivity index (χ3n) is 4.44. The predicted molar refractivity (Wildman–Crippen MR) is 68.2 cm³/mol. The van der Waals surface area contributed by atoms with E-state index in [1.807, 2.05) is 4.90 Å². The molecule has 0 aromatic heterocycles. The maximum atomic E-state index is 13.0. The zero-order chi connectivity index (χ0) is 14.3. The van der Waals surface area contributed by atoms with Gasteiger partial charge in [0.2, 0.25) is 0 Å². The molecule has 3 fully saturated rings. The van der Waals surface area contributed by atoms with E-state index in [1.54, 1.807) is 6.07 Å². The number of hydrogen-bond donors (Lipinski definition) is 0. The van der Waals surface area contributed by atoms with Gasteiger partial charge in [-0.25, -0.2) is 0 Å². The van der Waals surface area contributed by atoms with E-state index in [1.165, 1.54) is 12.1 Å². The van der Waals surface area contributed by atoms with Crippen LogP contribution < -0.4 is 0 Å². The molecule has 0 unspecified atom stereocenters. The maximum absolute atomic E-state index is 13.0. The molecule has 1 aromatic carbocycles. The molecule has 4 rings (SSSR count). The number of rotatable bonds is 2. The molecule has 3 saturated heterocycles. The van der Waals surface area contributed by atoms with Gasteiger partial charge in [-0.15, -0.1) is 0 Å². The van der Waals surface area contributed by atoms with Crippen LogP contribution in [-0.2, 0) is 17.4 Å². The van der Waals surface area contributed by atoms with Gasteiger partial charge >= 0.3 is 6.18 Å². The third-order valence-corrected chi connectivity index (χ3v) is 4.44. The highest BCUT2D eigenvalue weighted by molar-refractivity contribution is 5.88. The number of hydrogen-bond acceptors (Lipinski definition) is 2. The molecule has 108 valence electrons. The number of ketones is 1. The van der Waals surface area contributed by atoms with Crippen LogP contribution in [0.4, 0.5) is 13.2 Å². The number of halogens is 3. The topological polar surface area (TPSA) is 20.3 Å². The van der Waals surface area contributed by atoms with E-state index < -0.39 is 11.7 Å². The minimum atomic E-state index is -4.36. The Hall–Kier alpha value is -1.36. The first-order valence-electron chi connectivity index (χ1n) is 6.89. The number of fused-ring (bicyclic) bond motifs is 3. The van der Waals surface area contributed by atoms with Gasteiger partial charge in [0.25, 0.3) is 0 Å². The largest absolute Gasteiger partial charge is 0.416 e. The van der Waals surface area contributed by atoms with Crippen LogP contribution in [0.2, 0.25) is 0 Å². The molecule has 3 aliphatic heterocycles. The molecule has 0 radical (unpaired) electrons. The molecule has 20 heavy (non-hydrogen) atoms. The van der Waals surface area contributed by atoms with Crippen LogP contribution >= 0.6 is 0 Å². The molecular weight excluding hydrogens is 267 g/mol. The van der Waals surface area contributed by atoms with Crippen LogP contribution in [0.1, 0.15) is 24.0 Å². The van der Waals surface area contributed by atoms with E-state index in [-0.39, 0.29) is 29.7 Å². The van der Waals surface area contributed by atoms with Gasteiger partial charge < -0.3 is 0 Å². The van der Waals surface area contributed by atoms with Crippen LogP contribution in [0.15, 0.2) is 24.3 Å². The second-order valence-corrected chi connectivity index (χ2v) is 5.59. The molecule has 3 aliphatic rings. The average molecular weight is 283 g/mol. The monoisotopic (exact) mass is 283 g/mol. The predicted octanol–water partition coefficient (Wildman–Crippen LogP) is 2.91. The minimum Gasteiger partial charge on any atom is -0.298 e. The van der Waals surface area contributed by atoms with Crippen molar-refractivity contribution in [3.05, 3.63) is 35.4 Å². The van der Waals surface area contributed by atoms with Gasteiger partial charge in [0, 0.05) is 5.92 Å². The molecule has 0 aliphatic carbocycles. The van der Waals surface area contributed by atoms with Crippen molar-refractivity contribution in [1.29, 1.82) is 0 Å². The minimum absolute atomic E-state index is 0.0584. The summed E-state index contributed by atoms with van der Waals surface area (Å²) in [5.41, 5.74) is -0.388. The zero-order valence-electron chi connectivity index (χ0n) is 11.0. The molecule has 0 N–H and O–H groups in total. The normalized spacial score (nSPS) is 29.8. The van der Waals surface area contributed by atoms with Crippen molar-refractivity contribution in [3.8, 4) is 0 Å². The third kappa shape index (κ3) is 2.35. The number of Topliss-reactive ketones (excluding diaryl/α,β-unsaturated/α-hetero) is 1. The van der Waals surface area contributed by atoms with Crippen molar-refractivity contribution in [3.63, 3.8) is 0 Å². The van der Waals surface area contributed by atoms with Gasteiger partial charge in [-0.3, -0.25) is 9.69 Å². The van der Waals surface area contributed by atoms with Crippen LogP contribution in [0.5, 0.6) is 0 Å². The fraction of sp³-hybridized carbons (Fsp3) is 0.533. The van der Waals surface area contributed by atoms with Gasteiger partial charge in [0.15, 0.2) is 5.78 Å². The SMILES string of the molecule is O=C1C2CCN(CC2)[C@H]1Cc1ccccc1C(F)(F)F. The fourth-order valence-electron chi connectivity index (χ4n) is 3.36. The summed E-state index contributed by atoms with van der Waals surface area (Å²) >= 11 is 0. The van der Waals surface area contributed by atoms with Gasteiger partial charge in [-0.1, -0.05) is 18.2 Å². The molecule has 0 spiro atoms. The van der Waals surface area contributed by atoms with Crippen LogP contribution in [-0.4, -0.2) is 29.8 Å². The van der Waals surface area contributed by atoms with Crippen LogP contribution in [0, 0.1) is 5.92 Å². The van der Waals surface area contributed by atoms with Crippen molar-refractivity contribution in [2.24, 2.45) is 5.92 Å². The molecule has 1 aromatic rings. The fourth-order valence-corrected chi connectivity index (χ4v) is 3.36. The molecule has 0 amide bonds. The first-order valence-corrected chi connectivity index (χ1v) is 6.89. The Morgan fingerprint density at radius 1 is 1.15 bits per heavy atom. The van der Waals surface area contributed by atoms with Crippen molar-refractivity contribution >= 4 is 5.78 Å². The summed E-state index contributed by atoms with van der Waals surface area (Å²) < 4.78 is 39.0. The number of benzene rings is 1. The van der Waals surface area contributed by atoms with E-state index in [2.05, 4.69) is 0 Å². The second kappa shape index (κ2) is 4.88. The Kier molecular flexibility index (Phi) is 3.32. The van der Waals surface area contributed by atoms with Gasteiger partial charge in [0.05, 0.1) is 11.6 Å². The number of carbonyl (C=O) groups excluding carboxylic acids is 1. The summed E-state index contributed by atoms with van der Waals surface area (Å²) in [5, 5.41) is 0. The van der Waals surface area contributed by atoms with E-state index in [9.17, 15) is 18.0 Å². The Labute approximate surface area is 115 Å². The molecule has 2 nitrogen and oxygen atoms in total. The molecule has 2 bridgehead atoms. The van der Waals surface area contributed by atoms with E-state index in [0.29, 0.717) is 0 Å². The van der Waals surface area contributed by atoms with Gasteiger partial charge in [0.1, 0.15) is 0 Å². The summed E-state index contributed by atoms with van der Waals surface area (Å²) in [4.78, 5) is 14.3. The molecular formula is C15H16F3NO. The quantitative estimate of drug-likeness (QED) is 0.832. The highest BCUT2D eigenvalue weighted by Gasteiger charge is 2.42. The standard InChI is InChI=1S/C15H16F3NO/c16-15(17,18)12-4-2-1-3-11(12)9-13-14(20)10-5-7-19(13)8-6-10/h1-4,10,13H,5-9H2/t13-/m0/s1. The van der Waals surface area contributed by atoms with Gasteiger partial charge in [-0.05, 0) is 44.0 Å². The molecule has 3 heterocycles.